The summed E-state index contributed by atoms with van der Waals surface area (Å²) in [6.07, 6.45) is 0. The van der Waals surface area contributed by atoms with E-state index in [4.69, 9.17) is 9.47 Å². The Kier molecular flexibility index (Phi) is 6.44. The molecule has 1 N–H and O–H groups in total. The Balaban J connectivity index is 2.48. The van der Waals surface area contributed by atoms with E-state index in [1.54, 1.807) is 0 Å². The summed E-state index contributed by atoms with van der Waals surface area (Å²) in [5.74, 6) is -0.179. The van der Waals surface area contributed by atoms with Crippen molar-refractivity contribution < 1.29 is 22.7 Å². The summed E-state index contributed by atoms with van der Waals surface area (Å²) >= 11 is 3.27. The maximum atomic E-state index is 12.8. The van der Waals surface area contributed by atoms with Crippen LogP contribution in [0.25, 0.3) is 0 Å². The van der Waals surface area contributed by atoms with Gasteiger partial charge in [-0.05, 0) is 64.7 Å². The molecule has 0 bridgehead atoms. The topological polar surface area (TPSA) is 81.7 Å². The lowest BCUT2D eigenvalue weighted by Gasteiger charge is -2.21. The highest BCUT2D eigenvalue weighted by Gasteiger charge is 2.30. The third-order valence-corrected chi connectivity index (χ3v) is 6.01. The van der Waals surface area contributed by atoms with Crippen molar-refractivity contribution in [3.05, 3.63) is 57.6 Å². The normalized spacial score (nSPS) is 12.5. The van der Waals surface area contributed by atoms with Crippen LogP contribution in [-0.4, -0.2) is 28.6 Å². The van der Waals surface area contributed by atoms with E-state index in [0.717, 1.165) is 11.1 Å². The molecule has 0 aliphatic carbocycles. The number of rotatable bonds is 6. The molecule has 8 heteroatoms. The van der Waals surface area contributed by atoms with Crippen LogP contribution in [0.2, 0.25) is 0 Å². The number of carbonyl (C=O) groups excluding carboxylic acids is 1. The van der Waals surface area contributed by atoms with Crippen LogP contribution in [0.5, 0.6) is 5.75 Å². The van der Waals surface area contributed by atoms with Crippen molar-refractivity contribution in [3.63, 3.8) is 0 Å². The van der Waals surface area contributed by atoms with Crippen molar-refractivity contribution in [2.75, 3.05) is 14.2 Å². The first kappa shape index (κ1) is 20.4. The predicted molar refractivity (Wildman–Crippen MR) is 102 cm³/mol. The molecule has 0 aliphatic heterocycles. The van der Waals surface area contributed by atoms with Crippen molar-refractivity contribution in [1.82, 2.24) is 4.72 Å². The first-order valence-corrected chi connectivity index (χ1v) is 9.98. The highest BCUT2D eigenvalue weighted by atomic mass is 79.9. The minimum atomic E-state index is -3.98. The Hall–Kier alpha value is -1.90. The minimum absolute atomic E-state index is 0.00492. The molecule has 140 valence electrons. The molecular formula is C18H20BrNO5S. The smallest absolute Gasteiger partial charge is 0.328 e. The zero-order valence-corrected chi connectivity index (χ0v) is 17.3. The molecule has 1 unspecified atom stereocenters. The molecule has 0 heterocycles. The second-order valence-electron chi connectivity index (χ2n) is 5.68. The van der Waals surface area contributed by atoms with Gasteiger partial charge in [0.2, 0.25) is 10.0 Å². The third-order valence-electron chi connectivity index (χ3n) is 3.97. The lowest BCUT2D eigenvalue weighted by atomic mass is 9.97. The summed E-state index contributed by atoms with van der Waals surface area (Å²) in [7, 11) is -1.27. The monoisotopic (exact) mass is 441 g/mol. The molecule has 0 saturated heterocycles. The zero-order valence-electron chi connectivity index (χ0n) is 14.9. The number of sulfonamides is 1. The summed E-state index contributed by atoms with van der Waals surface area (Å²) in [5, 5.41) is 0. The standard InChI is InChI=1S/C18H20BrNO5S/c1-11-6-5-7-12(2)16(11)17(18(21)25-4)20-26(22,23)13-8-9-15(24-3)14(19)10-13/h5-10,17,20H,1-4H3. The largest absolute Gasteiger partial charge is 0.496 e. The van der Waals surface area contributed by atoms with Gasteiger partial charge in [0, 0.05) is 0 Å². The number of esters is 1. The van der Waals surface area contributed by atoms with Gasteiger partial charge in [0.15, 0.2) is 0 Å². The SMILES string of the molecule is COC(=O)C(NS(=O)(=O)c1ccc(OC)c(Br)c1)c1c(C)cccc1C. The van der Waals surface area contributed by atoms with E-state index in [1.807, 2.05) is 32.0 Å². The van der Waals surface area contributed by atoms with Gasteiger partial charge in [-0.15, -0.1) is 0 Å². The molecule has 2 rings (SSSR count). The number of methoxy groups -OCH3 is 2. The average Bonchev–Trinajstić information content (AvgIpc) is 2.59. The van der Waals surface area contributed by atoms with E-state index in [1.165, 1.54) is 32.4 Å². The van der Waals surface area contributed by atoms with Gasteiger partial charge in [0.25, 0.3) is 0 Å². The van der Waals surface area contributed by atoms with Gasteiger partial charge in [0.1, 0.15) is 11.8 Å². The third kappa shape index (κ3) is 4.25. The van der Waals surface area contributed by atoms with E-state index in [2.05, 4.69) is 20.7 Å². The molecule has 0 aromatic heterocycles. The Bertz CT molecular complexity index is 907. The van der Waals surface area contributed by atoms with Gasteiger partial charge in [-0.2, -0.15) is 4.72 Å². The molecule has 0 fully saturated rings. The van der Waals surface area contributed by atoms with Crippen LogP contribution in [0.3, 0.4) is 0 Å². The first-order valence-electron chi connectivity index (χ1n) is 7.71. The molecule has 0 aliphatic rings. The summed E-state index contributed by atoms with van der Waals surface area (Å²) in [4.78, 5) is 12.3. The molecule has 2 aromatic rings. The van der Waals surface area contributed by atoms with Gasteiger partial charge >= 0.3 is 5.97 Å². The van der Waals surface area contributed by atoms with Crippen molar-refractivity contribution in [2.24, 2.45) is 0 Å². The number of benzene rings is 2. The Labute approximate surface area is 161 Å². The second-order valence-corrected chi connectivity index (χ2v) is 8.25. The number of carbonyl (C=O) groups is 1. The van der Waals surface area contributed by atoms with E-state index in [-0.39, 0.29) is 4.90 Å². The van der Waals surface area contributed by atoms with Crippen LogP contribution < -0.4 is 9.46 Å². The van der Waals surface area contributed by atoms with Crippen LogP contribution in [0.1, 0.15) is 22.7 Å². The fraction of sp³-hybridized carbons (Fsp3) is 0.278. The maximum absolute atomic E-state index is 12.8. The molecule has 1 atom stereocenters. The quantitative estimate of drug-likeness (QED) is 0.695. The summed E-state index contributed by atoms with van der Waals surface area (Å²) in [5.41, 5.74) is 2.16. The molecule has 0 radical (unpaired) electrons. The number of nitrogens with one attached hydrogen (secondary N) is 1. The number of hydrogen-bond acceptors (Lipinski definition) is 5. The number of aryl methyl sites for hydroxylation is 2. The van der Waals surface area contributed by atoms with Crippen molar-refractivity contribution in [1.29, 1.82) is 0 Å². The highest BCUT2D eigenvalue weighted by Crippen LogP contribution is 2.29. The molecule has 0 saturated carbocycles. The molecule has 0 amide bonds. The lowest BCUT2D eigenvalue weighted by Crippen LogP contribution is -2.35. The Morgan fingerprint density at radius 3 is 2.23 bits per heavy atom. The van der Waals surface area contributed by atoms with Crippen LogP contribution in [0, 0.1) is 13.8 Å². The lowest BCUT2D eigenvalue weighted by molar-refractivity contribution is -0.142. The summed E-state index contributed by atoms with van der Waals surface area (Å²) < 4.78 is 38.5. The van der Waals surface area contributed by atoms with E-state index >= 15 is 0 Å². The van der Waals surface area contributed by atoms with Crippen LogP contribution in [0.15, 0.2) is 45.8 Å². The summed E-state index contributed by atoms with van der Waals surface area (Å²) in [6.45, 7) is 3.63. The molecule has 2 aromatic carbocycles. The van der Waals surface area contributed by atoms with Crippen LogP contribution in [-0.2, 0) is 19.6 Å². The Morgan fingerprint density at radius 1 is 1.12 bits per heavy atom. The van der Waals surface area contributed by atoms with E-state index in [9.17, 15) is 13.2 Å². The van der Waals surface area contributed by atoms with E-state index < -0.39 is 22.0 Å². The van der Waals surface area contributed by atoms with Gasteiger partial charge in [-0.25, -0.2) is 13.2 Å². The van der Waals surface area contributed by atoms with Crippen LogP contribution in [0.4, 0.5) is 0 Å². The average molecular weight is 442 g/mol. The Morgan fingerprint density at radius 2 is 1.73 bits per heavy atom. The van der Waals surface area contributed by atoms with Crippen LogP contribution >= 0.6 is 15.9 Å². The zero-order chi connectivity index (χ0) is 19.5. The van der Waals surface area contributed by atoms with Crippen molar-refractivity contribution in [3.8, 4) is 5.75 Å². The van der Waals surface area contributed by atoms with Crippen molar-refractivity contribution >= 4 is 31.9 Å². The highest BCUT2D eigenvalue weighted by molar-refractivity contribution is 9.10. The first-order chi connectivity index (χ1) is 12.2. The minimum Gasteiger partial charge on any atom is -0.496 e. The second kappa shape index (κ2) is 8.20. The van der Waals surface area contributed by atoms with Crippen molar-refractivity contribution in [2.45, 2.75) is 24.8 Å². The summed E-state index contributed by atoms with van der Waals surface area (Å²) in [6, 6.07) is 8.69. The molecule has 0 spiro atoms. The van der Waals surface area contributed by atoms with Gasteiger partial charge in [0.05, 0.1) is 23.6 Å². The fourth-order valence-electron chi connectivity index (χ4n) is 2.66. The number of ether oxygens (including phenoxy) is 2. The fourth-order valence-corrected chi connectivity index (χ4v) is 4.54. The van der Waals surface area contributed by atoms with Gasteiger partial charge in [-0.1, -0.05) is 18.2 Å². The van der Waals surface area contributed by atoms with E-state index in [0.29, 0.717) is 15.8 Å². The van der Waals surface area contributed by atoms with Gasteiger partial charge in [-0.3, -0.25) is 0 Å². The molecule has 6 nitrogen and oxygen atoms in total. The molecule has 26 heavy (non-hydrogen) atoms. The molecular weight excluding hydrogens is 422 g/mol. The van der Waals surface area contributed by atoms with Gasteiger partial charge < -0.3 is 9.47 Å². The predicted octanol–water partition coefficient (Wildman–Crippen LogP) is 3.27. The number of hydrogen-bond donors (Lipinski definition) is 1. The number of halogens is 1. The maximum Gasteiger partial charge on any atom is 0.328 e.